The molecule has 0 saturated carbocycles. The van der Waals surface area contributed by atoms with E-state index in [2.05, 4.69) is 9.97 Å². The normalized spacial score (nSPS) is 10.5. The Hall–Kier alpha value is -1.84. The fraction of sp³-hybridized carbons (Fsp3) is 0.111. The van der Waals surface area contributed by atoms with Crippen LogP contribution in [-0.4, -0.2) is 9.97 Å². The van der Waals surface area contributed by atoms with Crippen molar-refractivity contribution in [3.05, 3.63) is 34.4 Å². The van der Waals surface area contributed by atoms with Gasteiger partial charge < -0.3 is 10.7 Å². The minimum absolute atomic E-state index is 0.180. The first-order valence-corrected chi connectivity index (χ1v) is 3.93. The van der Waals surface area contributed by atoms with Crippen LogP contribution in [0.25, 0.3) is 10.9 Å². The predicted octanol–water partition coefficient (Wildman–Crippen LogP) is 0.814. The van der Waals surface area contributed by atoms with Crippen molar-refractivity contribution in [1.82, 2.24) is 9.97 Å². The van der Waals surface area contributed by atoms with E-state index in [0.717, 1.165) is 0 Å². The molecular weight excluding hydrogens is 166 g/mol. The molecule has 4 nitrogen and oxygen atoms in total. The van der Waals surface area contributed by atoms with Gasteiger partial charge in [0.1, 0.15) is 5.82 Å². The lowest BCUT2D eigenvalue weighted by Crippen LogP contribution is -2.11. The van der Waals surface area contributed by atoms with E-state index in [1.165, 1.54) is 0 Å². The van der Waals surface area contributed by atoms with Crippen molar-refractivity contribution in [2.45, 2.75) is 6.92 Å². The van der Waals surface area contributed by atoms with E-state index >= 15 is 0 Å². The average Bonchev–Trinajstić information content (AvgIpc) is 2.02. The third-order valence-electron chi connectivity index (χ3n) is 1.88. The number of hydrogen-bond donors (Lipinski definition) is 2. The lowest BCUT2D eigenvalue weighted by atomic mass is 10.2. The van der Waals surface area contributed by atoms with Crippen molar-refractivity contribution in [2.24, 2.45) is 0 Å². The molecule has 0 aliphatic carbocycles. The van der Waals surface area contributed by atoms with Crippen molar-refractivity contribution in [2.75, 3.05) is 5.73 Å². The molecule has 2 aromatic rings. The number of aryl methyl sites for hydroxylation is 1. The monoisotopic (exact) mass is 175 g/mol. The molecule has 0 unspecified atom stereocenters. The molecular formula is C9H9N3O. The van der Waals surface area contributed by atoms with Crippen LogP contribution in [0, 0.1) is 6.92 Å². The number of nitrogens with one attached hydrogen (secondary N) is 1. The van der Waals surface area contributed by atoms with E-state index in [-0.39, 0.29) is 5.56 Å². The second kappa shape index (κ2) is 2.58. The molecule has 1 aromatic carbocycles. The molecule has 0 aliphatic rings. The minimum atomic E-state index is -0.180. The Balaban J connectivity index is 3.03. The van der Waals surface area contributed by atoms with Gasteiger partial charge in [0.05, 0.1) is 10.9 Å². The van der Waals surface area contributed by atoms with Crippen LogP contribution >= 0.6 is 0 Å². The summed E-state index contributed by atoms with van der Waals surface area (Å²) in [7, 11) is 0. The number of aromatic nitrogens is 2. The summed E-state index contributed by atoms with van der Waals surface area (Å²) >= 11 is 0. The Kier molecular flexibility index (Phi) is 1.55. The van der Waals surface area contributed by atoms with Crippen LogP contribution in [0.1, 0.15) is 5.82 Å². The number of anilines is 1. The highest BCUT2D eigenvalue weighted by molar-refractivity contribution is 5.89. The number of H-pyrrole nitrogens is 1. The SMILES string of the molecule is Cc1nc2cccc(N)c2c(=O)[nH]1. The zero-order valence-electron chi connectivity index (χ0n) is 7.16. The van der Waals surface area contributed by atoms with Gasteiger partial charge in [0.15, 0.2) is 0 Å². The topological polar surface area (TPSA) is 71.8 Å². The van der Waals surface area contributed by atoms with E-state index < -0.39 is 0 Å². The van der Waals surface area contributed by atoms with E-state index in [4.69, 9.17) is 5.73 Å². The Morgan fingerprint density at radius 1 is 1.46 bits per heavy atom. The number of nitrogens with zero attached hydrogens (tertiary/aromatic N) is 1. The highest BCUT2D eigenvalue weighted by Crippen LogP contribution is 2.13. The van der Waals surface area contributed by atoms with E-state index in [1.54, 1.807) is 25.1 Å². The molecule has 2 rings (SSSR count). The molecule has 0 fully saturated rings. The first kappa shape index (κ1) is 7.79. The molecule has 1 aromatic heterocycles. The number of aromatic amines is 1. The Morgan fingerprint density at radius 3 is 3.00 bits per heavy atom. The predicted molar refractivity (Wildman–Crippen MR) is 51.5 cm³/mol. The van der Waals surface area contributed by atoms with Gasteiger partial charge >= 0.3 is 0 Å². The molecule has 4 heteroatoms. The molecule has 66 valence electrons. The van der Waals surface area contributed by atoms with Gasteiger partial charge in [-0.2, -0.15) is 0 Å². The van der Waals surface area contributed by atoms with Gasteiger partial charge in [-0.1, -0.05) is 6.07 Å². The fourth-order valence-corrected chi connectivity index (χ4v) is 1.33. The average molecular weight is 175 g/mol. The second-order valence-electron chi connectivity index (χ2n) is 2.89. The zero-order valence-corrected chi connectivity index (χ0v) is 7.16. The fourth-order valence-electron chi connectivity index (χ4n) is 1.33. The molecule has 0 radical (unpaired) electrons. The van der Waals surface area contributed by atoms with Gasteiger partial charge in [0, 0.05) is 5.69 Å². The van der Waals surface area contributed by atoms with Crippen molar-refractivity contribution < 1.29 is 0 Å². The first-order valence-electron chi connectivity index (χ1n) is 3.93. The van der Waals surface area contributed by atoms with E-state index in [9.17, 15) is 4.79 Å². The second-order valence-corrected chi connectivity index (χ2v) is 2.89. The van der Waals surface area contributed by atoms with Gasteiger partial charge in [-0.3, -0.25) is 4.79 Å². The Labute approximate surface area is 74.4 Å². The van der Waals surface area contributed by atoms with Crippen LogP contribution in [0.5, 0.6) is 0 Å². The van der Waals surface area contributed by atoms with Crippen LogP contribution in [0.15, 0.2) is 23.0 Å². The van der Waals surface area contributed by atoms with Crippen LogP contribution in [0.3, 0.4) is 0 Å². The summed E-state index contributed by atoms with van der Waals surface area (Å²) in [5.41, 5.74) is 6.57. The maximum absolute atomic E-state index is 11.4. The minimum Gasteiger partial charge on any atom is -0.398 e. The molecule has 13 heavy (non-hydrogen) atoms. The molecule has 0 spiro atoms. The summed E-state index contributed by atoms with van der Waals surface area (Å²) in [6, 6.07) is 5.24. The summed E-state index contributed by atoms with van der Waals surface area (Å²) < 4.78 is 0. The van der Waals surface area contributed by atoms with Gasteiger partial charge in [-0.25, -0.2) is 4.98 Å². The van der Waals surface area contributed by atoms with E-state index in [0.29, 0.717) is 22.4 Å². The molecule has 3 N–H and O–H groups in total. The molecule has 0 saturated heterocycles. The summed E-state index contributed by atoms with van der Waals surface area (Å²) in [4.78, 5) is 18.2. The smallest absolute Gasteiger partial charge is 0.260 e. The number of benzene rings is 1. The Morgan fingerprint density at radius 2 is 2.23 bits per heavy atom. The number of hydrogen-bond acceptors (Lipinski definition) is 3. The molecule has 0 bridgehead atoms. The van der Waals surface area contributed by atoms with Gasteiger partial charge in [0.25, 0.3) is 5.56 Å². The van der Waals surface area contributed by atoms with Gasteiger partial charge in [0.2, 0.25) is 0 Å². The van der Waals surface area contributed by atoms with Gasteiger partial charge in [-0.05, 0) is 19.1 Å². The molecule has 0 atom stereocenters. The third-order valence-corrected chi connectivity index (χ3v) is 1.88. The van der Waals surface area contributed by atoms with Crippen LogP contribution in [-0.2, 0) is 0 Å². The van der Waals surface area contributed by atoms with Gasteiger partial charge in [-0.15, -0.1) is 0 Å². The molecule has 0 aliphatic heterocycles. The van der Waals surface area contributed by atoms with Crippen molar-refractivity contribution >= 4 is 16.6 Å². The highest BCUT2D eigenvalue weighted by Gasteiger charge is 2.03. The maximum atomic E-state index is 11.4. The molecule has 0 amide bonds. The largest absolute Gasteiger partial charge is 0.398 e. The quantitative estimate of drug-likeness (QED) is 0.582. The standard InChI is InChI=1S/C9H9N3O/c1-5-11-7-4-2-3-6(10)8(7)9(13)12-5/h2-4H,10H2,1H3,(H,11,12,13). The number of rotatable bonds is 0. The Bertz CT molecular complexity index is 516. The highest BCUT2D eigenvalue weighted by atomic mass is 16.1. The van der Waals surface area contributed by atoms with Crippen LogP contribution < -0.4 is 11.3 Å². The summed E-state index contributed by atoms with van der Waals surface area (Å²) in [6.07, 6.45) is 0. The zero-order chi connectivity index (χ0) is 9.42. The summed E-state index contributed by atoms with van der Waals surface area (Å²) in [5, 5.41) is 0.466. The van der Waals surface area contributed by atoms with E-state index in [1.807, 2.05) is 0 Å². The van der Waals surface area contributed by atoms with Crippen LogP contribution in [0.2, 0.25) is 0 Å². The number of nitrogen functional groups attached to an aromatic ring is 1. The third kappa shape index (κ3) is 1.16. The van der Waals surface area contributed by atoms with Crippen molar-refractivity contribution in [1.29, 1.82) is 0 Å². The first-order chi connectivity index (χ1) is 6.18. The molecule has 1 heterocycles. The maximum Gasteiger partial charge on any atom is 0.260 e. The lowest BCUT2D eigenvalue weighted by Gasteiger charge is -2.00. The summed E-state index contributed by atoms with van der Waals surface area (Å²) in [5.74, 6) is 0.600. The van der Waals surface area contributed by atoms with Crippen molar-refractivity contribution in [3.8, 4) is 0 Å². The number of nitrogens with two attached hydrogens (primary N) is 1. The lowest BCUT2D eigenvalue weighted by molar-refractivity contribution is 1.06. The van der Waals surface area contributed by atoms with Crippen molar-refractivity contribution in [3.63, 3.8) is 0 Å². The number of fused-ring (bicyclic) bond motifs is 1. The summed E-state index contributed by atoms with van der Waals surface area (Å²) in [6.45, 7) is 1.74. The van der Waals surface area contributed by atoms with Crippen LogP contribution in [0.4, 0.5) is 5.69 Å².